The number of aryl methyl sites for hydroxylation is 1. The van der Waals surface area contributed by atoms with Crippen molar-refractivity contribution in [2.75, 3.05) is 5.32 Å². The number of nitrogens with one attached hydrogen (secondary N) is 1. The molecule has 1 aromatic heterocycles. The highest BCUT2D eigenvalue weighted by atomic mass is 127. The van der Waals surface area contributed by atoms with E-state index in [1.54, 1.807) is 48.3 Å². The van der Waals surface area contributed by atoms with Gasteiger partial charge in [-0.3, -0.25) is 9.48 Å². The van der Waals surface area contributed by atoms with Gasteiger partial charge in [-0.05, 0) is 58.5 Å². The Hall–Kier alpha value is -3.53. The topological polar surface area (TPSA) is 68.5 Å². The minimum absolute atomic E-state index is 0.280. The van der Waals surface area contributed by atoms with Crippen LogP contribution >= 0.6 is 22.6 Å². The zero-order valence-electron chi connectivity index (χ0n) is 17.0. The lowest BCUT2D eigenvalue weighted by molar-refractivity contribution is 0.102. The first kappa shape index (κ1) is 21.7. The van der Waals surface area contributed by atoms with E-state index in [1.807, 2.05) is 59.0 Å². The molecule has 0 atom stereocenters. The average Bonchev–Trinajstić information content (AvgIpc) is 3.14. The molecule has 8 heteroatoms. The van der Waals surface area contributed by atoms with Gasteiger partial charge in [0.1, 0.15) is 9.52 Å². The number of carbonyl (C=O) groups is 1. The van der Waals surface area contributed by atoms with Crippen LogP contribution in [0.2, 0.25) is 0 Å². The van der Waals surface area contributed by atoms with Gasteiger partial charge < -0.3 is 10.2 Å². The highest BCUT2D eigenvalue weighted by Gasteiger charge is 2.16. The molecule has 0 spiro atoms. The molecule has 0 saturated carbocycles. The SMILES string of the molecule is Cn1cc(C(=O)Nc2ccccc2-c2ccc(/C=N/Oc3ccccc3)c(F)c2)c(I)n1. The Morgan fingerprint density at radius 1 is 1.12 bits per heavy atom. The fourth-order valence-corrected chi connectivity index (χ4v) is 3.80. The van der Waals surface area contributed by atoms with Crippen LogP contribution in [0.4, 0.5) is 10.1 Å². The highest BCUT2D eigenvalue weighted by molar-refractivity contribution is 14.1. The zero-order chi connectivity index (χ0) is 22.5. The van der Waals surface area contributed by atoms with Crippen LogP contribution in [0.15, 0.2) is 84.1 Å². The monoisotopic (exact) mass is 540 g/mol. The van der Waals surface area contributed by atoms with Crippen LogP contribution in [0.3, 0.4) is 0 Å². The molecular weight excluding hydrogens is 522 g/mol. The maximum absolute atomic E-state index is 14.7. The third-order valence-corrected chi connectivity index (χ3v) is 5.41. The van der Waals surface area contributed by atoms with Gasteiger partial charge in [-0.15, -0.1) is 0 Å². The molecule has 160 valence electrons. The highest BCUT2D eigenvalue weighted by Crippen LogP contribution is 2.29. The van der Waals surface area contributed by atoms with Gasteiger partial charge in [0.15, 0.2) is 5.75 Å². The van der Waals surface area contributed by atoms with Gasteiger partial charge in [-0.1, -0.05) is 47.6 Å². The minimum Gasteiger partial charge on any atom is -0.357 e. The number of rotatable bonds is 6. The molecule has 0 fully saturated rings. The Labute approximate surface area is 197 Å². The normalized spacial score (nSPS) is 11.0. The molecule has 0 aliphatic heterocycles. The van der Waals surface area contributed by atoms with Gasteiger partial charge in [0.2, 0.25) is 0 Å². The predicted octanol–water partition coefficient (Wildman–Crippen LogP) is 5.50. The molecule has 3 aromatic carbocycles. The maximum atomic E-state index is 14.7. The van der Waals surface area contributed by atoms with E-state index in [-0.39, 0.29) is 11.5 Å². The number of para-hydroxylation sites is 2. The first-order valence-electron chi connectivity index (χ1n) is 9.66. The number of nitrogens with zero attached hydrogens (tertiary/aromatic N) is 3. The summed E-state index contributed by atoms with van der Waals surface area (Å²) in [5.41, 5.74) is 2.66. The summed E-state index contributed by atoms with van der Waals surface area (Å²) in [5, 5.41) is 10.9. The van der Waals surface area contributed by atoms with E-state index in [0.717, 1.165) is 0 Å². The molecule has 0 bridgehead atoms. The smallest absolute Gasteiger partial charge is 0.259 e. The quantitative estimate of drug-likeness (QED) is 0.200. The molecule has 0 saturated heterocycles. The van der Waals surface area contributed by atoms with Crippen LogP contribution in [-0.2, 0) is 7.05 Å². The van der Waals surface area contributed by atoms with Crippen LogP contribution in [0, 0.1) is 9.52 Å². The van der Waals surface area contributed by atoms with Crippen LogP contribution in [-0.4, -0.2) is 21.9 Å². The molecule has 0 aliphatic carbocycles. The van der Waals surface area contributed by atoms with Crippen LogP contribution in [0.1, 0.15) is 15.9 Å². The minimum atomic E-state index is -0.453. The third kappa shape index (κ3) is 5.02. The first-order chi connectivity index (χ1) is 15.5. The lowest BCUT2D eigenvalue weighted by atomic mass is 10.0. The van der Waals surface area contributed by atoms with Crippen molar-refractivity contribution in [3.05, 3.63) is 99.6 Å². The number of hydrogen-bond acceptors (Lipinski definition) is 4. The maximum Gasteiger partial charge on any atom is 0.259 e. The largest absolute Gasteiger partial charge is 0.357 e. The summed E-state index contributed by atoms with van der Waals surface area (Å²) in [6.45, 7) is 0. The molecule has 0 radical (unpaired) electrons. The summed E-state index contributed by atoms with van der Waals surface area (Å²) in [7, 11) is 1.76. The van der Waals surface area contributed by atoms with Crippen LogP contribution in [0.5, 0.6) is 5.75 Å². The Kier molecular flexibility index (Phi) is 6.60. The second-order valence-corrected chi connectivity index (χ2v) is 7.90. The van der Waals surface area contributed by atoms with E-state index in [1.165, 1.54) is 12.3 Å². The van der Waals surface area contributed by atoms with Crippen molar-refractivity contribution in [1.82, 2.24) is 9.78 Å². The second kappa shape index (κ2) is 9.73. The number of oxime groups is 1. The predicted molar refractivity (Wildman–Crippen MR) is 130 cm³/mol. The molecule has 32 heavy (non-hydrogen) atoms. The summed E-state index contributed by atoms with van der Waals surface area (Å²) in [6, 6.07) is 21.1. The first-order valence-corrected chi connectivity index (χ1v) is 10.7. The number of halogens is 2. The van der Waals surface area contributed by atoms with Crippen LogP contribution in [0.25, 0.3) is 11.1 Å². The summed E-state index contributed by atoms with van der Waals surface area (Å²) < 4.78 is 16.9. The number of amides is 1. The second-order valence-electron chi connectivity index (χ2n) is 6.88. The molecule has 1 heterocycles. The van der Waals surface area contributed by atoms with Crippen molar-refractivity contribution in [3.63, 3.8) is 0 Å². The Morgan fingerprint density at radius 3 is 2.59 bits per heavy atom. The molecule has 6 nitrogen and oxygen atoms in total. The number of aromatic nitrogens is 2. The van der Waals surface area contributed by atoms with Crippen molar-refractivity contribution in [2.24, 2.45) is 12.2 Å². The van der Waals surface area contributed by atoms with Gasteiger partial charge in [0.05, 0.1) is 11.8 Å². The lowest BCUT2D eigenvalue weighted by Crippen LogP contribution is -2.13. The molecule has 0 unspecified atom stereocenters. The van der Waals surface area contributed by atoms with Crippen molar-refractivity contribution in [2.45, 2.75) is 0 Å². The van der Waals surface area contributed by atoms with Crippen molar-refractivity contribution in [1.29, 1.82) is 0 Å². The van der Waals surface area contributed by atoms with Gasteiger partial charge >= 0.3 is 0 Å². The van der Waals surface area contributed by atoms with Gasteiger partial charge in [0, 0.05) is 30.1 Å². The molecule has 4 aromatic rings. The Morgan fingerprint density at radius 2 is 1.88 bits per heavy atom. The van der Waals surface area contributed by atoms with E-state index in [0.29, 0.717) is 31.8 Å². The summed E-state index contributed by atoms with van der Waals surface area (Å²) >= 11 is 2.02. The van der Waals surface area contributed by atoms with Gasteiger partial charge in [-0.25, -0.2) is 4.39 Å². The molecular formula is C24H18FIN4O2. The Bertz CT molecular complexity index is 1290. The van der Waals surface area contributed by atoms with E-state index >= 15 is 0 Å². The molecule has 1 N–H and O–H groups in total. The zero-order valence-corrected chi connectivity index (χ0v) is 19.2. The summed E-state index contributed by atoms with van der Waals surface area (Å²) in [6.07, 6.45) is 2.98. The third-order valence-electron chi connectivity index (χ3n) is 4.61. The molecule has 4 rings (SSSR count). The number of benzene rings is 3. The van der Waals surface area contributed by atoms with E-state index in [2.05, 4.69) is 15.6 Å². The van der Waals surface area contributed by atoms with E-state index in [9.17, 15) is 9.18 Å². The fourth-order valence-electron chi connectivity index (χ4n) is 3.07. The average molecular weight is 540 g/mol. The number of carbonyl (C=O) groups excluding carboxylic acids is 1. The standard InChI is InChI=1S/C24H18FIN4O2/c1-30-15-20(23(26)29-30)24(31)28-22-10-6-5-9-19(22)16-11-12-17(21(25)13-16)14-27-32-18-7-3-2-4-8-18/h2-15H,1H3,(H,28,31)/b27-14+. The lowest BCUT2D eigenvalue weighted by Gasteiger charge is -2.11. The van der Waals surface area contributed by atoms with Gasteiger partial charge in [0.25, 0.3) is 5.91 Å². The fraction of sp³-hybridized carbons (Fsp3) is 0.0417. The molecule has 1 amide bonds. The van der Waals surface area contributed by atoms with Crippen LogP contribution < -0.4 is 10.2 Å². The Balaban J connectivity index is 1.54. The summed E-state index contributed by atoms with van der Waals surface area (Å²) in [5.74, 6) is -0.170. The number of anilines is 1. The van der Waals surface area contributed by atoms with E-state index in [4.69, 9.17) is 4.84 Å². The van der Waals surface area contributed by atoms with Gasteiger partial charge in [-0.2, -0.15) is 5.10 Å². The van der Waals surface area contributed by atoms with Crippen molar-refractivity contribution >= 4 is 40.4 Å². The summed E-state index contributed by atoms with van der Waals surface area (Å²) in [4.78, 5) is 18.0. The van der Waals surface area contributed by atoms with E-state index < -0.39 is 5.82 Å². The van der Waals surface area contributed by atoms with Crippen molar-refractivity contribution < 1.29 is 14.0 Å². The van der Waals surface area contributed by atoms with Crippen molar-refractivity contribution in [3.8, 4) is 16.9 Å². The molecule has 0 aliphatic rings. The number of hydrogen-bond donors (Lipinski definition) is 1.